The third-order valence-electron chi connectivity index (χ3n) is 3.26. The molecule has 0 spiro atoms. The van der Waals surface area contributed by atoms with Gasteiger partial charge in [-0.2, -0.15) is 0 Å². The minimum atomic E-state index is -0.209. The van der Waals surface area contributed by atoms with Gasteiger partial charge in [0.15, 0.2) is 0 Å². The Balaban J connectivity index is 2.42. The van der Waals surface area contributed by atoms with Gasteiger partial charge in [0, 0.05) is 38.6 Å². The molecule has 18 heavy (non-hydrogen) atoms. The average Bonchev–Trinajstić information content (AvgIpc) is 2.36. The van der Waals surface area contributed by atoms with Gasteiger partial charge < -0.3 is 15.4 Å². The van der Waals surface area contributed by atoms with E-state index >= 15 is 0 Å². The molecule has 1 aliphatic heterocycles. The largest absolute Gasteiger partial charge is 0.450 e. The molecule has 0 aromatic heterocycles. The van der Waals surface area contributed by atoms with E-state index in [1.54, 1.807) is 4.90 Å². The van der Waals surface area contributed by atoms with Crippen LogP contribution in [0, 0.1) is 0 Å². The maximum Gasteiger partial charge on any atom is 0.409 e. The Kier molecular flexibility index (Phi) is 6.35. The van der Waals surface area contributed by atoms with Crippen LogP contribution in [0.25, 0.3) is 0 Å². The average molecular weight is 273 g/mol. The lowest BCUT2D eigenvalue weighted by molar-refractivity contribution is 0.0663. The Morgan fingerprint density at radius 3 is 2.39 bits per heavy atom. The number of nitrogens with two attached hydrogens (primary N) is 1. The maximum absolute atomic E-state index is 11.6. The molecule has 1 aliphatic rings. The van der Waals surface area contributed by atoms with Crippen LogP contribution in [0.4, 0.5) is 4.79 Å². The molecule has 0 aromatic rings. The van der Waals surface area contributed by atoms with Crippen molar-refractivity contribution in [2.24, 2.45) is 5.73 Å². The van der Waals surface area contributed by atoms with E-state index in [9.17, 15) is 4.79 Å². The molecule has 0 aliphatic carbocycles. The van der Waals surface area contributed by atoms with E-state index in [1.165, 1.54) is 0 Å². The zero-order valence-corrected chi connectivity index (χ0v) is 12.0. The van der Waals surface area contributed by atoms with Crippen LogP contribution in [0.2, 0.25) is 0 Å². The summed E-state index contributed by atoms with van der Waals surface area (Å²) in [7, 11) is 0. The van der Waals surface area contributed by atoms with Crippen molar-refractivity contribution in [2.75, 3.05) is 32.8 Å². The zero-order chi connectivity index (χ0) is 13.5. The molecule has 0 bridgehead atoms. The lowest BCUT2D eigenvalue weighted by Gasteiger charge is -2.38. The lowest BCUT2D eigenvalue weighted by Crippen LogP contribution is -2.52. The second-order valence-electron chi connectivity index (χ2n) is 4.45. The SMILES string of the molecule is CCOC(=O)N1CCN(C(CC)CC(N)=S)CC1. The summed E-state index contributed by atoms with van der Waals surface area (Å²) in [6, 6.07) is 0.395. The summed E-state index contributed by atoms with van der Waals surface area (Å²) < 4.78 is 5.00. The molecule has 1 saturated heterocycles. The van der Waals surface area contributed by atoms with Gasteiger partial charge in [0.05, 0.1) is 11.6 Å². The highest BCUT2D eigenvalue weighted by molar-refractivity contribution is 7.80. The molecule has 1 amide bonds. The Morgan fingerprint density at radius 2 is 1.94 bits per heavy atom. The Labute approximate surface area is 114 Å². The van der Waals surface area contributed by atoms with Crippen molar-refractivity contribution in [3.05, 3.63) is 0 Å². The number of rotatable bonds is 5. The van der Waals surface area contributed by atoms with E-state index in [0.717, 1.165) is 25.9 Å². The van der Waals surface area contributed by atoms with Gasteiger partial charge in [0.2, 0.25) is 0 Å². The highest BCUT2D eigenvalue weighted by atomic mass is 32.1. The number of hydrogen-bond acceptors (Lipinski definition) is 4. The van der Waals surface area contributed by atoms with Crippen LogP contribution < -0.4 is 5.73 Å². The minimum absolute atomic E-state index is 0.209. The van der Waals surface area contributed by atoms with Crippen molar-refractivity contribution in [3.8, 4) is 0 Å². The number of carbonyl (C=O) groups excluding carboxylic acids is 1. The van der Waals surface area contributed by atoms with Gasteiger partial charge in [-0.3, -0.25) is 4.90 Å². The van der Waals surface area contributed by atoms with Gasteiger partial charge in [-0.25, -0.2) is 4.79 Å². The second kappa shape index (κ2) is 7.53. The number of hydrogen-bond donors (Lipinski definition) is 1. The van der Waals surface area contributed by atoms with Crippen molar-refractivity contribution in [1.29, 1.82) is 0 Å². The molecule has 1 fully saturated rings. The van der Waals surface area contributed by atoms with Crippen molar-refractivity contribution in [1.82, 2.24) is 9.80 Å². The molecule has 1 atom stereocenters. The number of amides is 1. The summed E-state index contributed by atoms with van der Waals surface area (Å²) in [5.74, 6) is 0. The third kappa shape index (κ3) is 4.42. The number of thiocarbonyl (C=S) groups is 1. The molecule has 1 rings (SSSR count). The van der Waals surface area contributed by atoms with Crippen LogP contribution in [0.1, 0.15) is 26.7 Å². The summed E-state index contributed by atoms with van der Waals surface area (Å²) in [5, 5.41) is 0. The fourth-order valence-corrected chi connectivity index (χ4v) is 2.44. The van der Waals surface area contributed by atoms with Gasteiger partial charge in [-0.1, -0.05) is 19.1 Å². The predicted molar refractivity (Wildman–Crippen MR) is 75.6 cm³/mol. The molecule has 6 heteroatoms. The van der Waals surface area contributed by atoms with Gasteiger partial charge in [-0.15, -0.1) is 0 Å². The normalized spacial score (nSPS) is 18.4. The minimum Gasteiger partial charge on any atom is -0.450 e. The van der Waals surface area contributed by atoms with E-state index in [-0.39, 0.29) is 6.09 Å². The van der Waals surface area contributed by atoms with Crippen LogP contribution in [0.5, 0.6) is 0 Å². The third-order valence-corrected chi connectivity index (χ3v) is 3.43. The highest BCUT2D eigenvalue weighted by Crippen LogP contribution is 2.13. The Bertz CT molecular complexity index is 291. The van der Waals surface area contributed by atoms with Crippen molar-refractivity contribution in [2.45, 2.75) is 32.7 Å². The van der Waals surface area contributed by atoms with E-state index in [0.29, 0.717) is 30.7 Å². The summed E-state index contributed by atoms with van der Waals surface area (Å²) in [5.41, 5.74) is 5.61. The van der Waals surface area contributed by atoms with Crippen LogP contribution in [0.15, 0.2) is 0 Å². The van der Waals surface area contributed by atoms with Crippen LogP contribution in [-0.2, 0) is 4.74 Å². The fourth-order valence-electron chi connectivity index (χ4n) is 2.25. The number of carbonyl (C=O) groups is 1. The van der Waals surface area contributed by atoms with Gasteiger partial charge >= 0.3 is 6.09 Å². The number of nitrogens with zero attached hydrogens (tertiary/aromatic N) is 2. The maximum atomic E-state index is 11.6. The molecule has 1 heterocycles. The molecule has 1 unspecified atom stereocenters. The monoisotopic (exact) mass is 273 g/mol. The topological polar surface area (TPSA) is 58.8 Å². The van der Waals surface area contributed by atoms with Gasteiger partial charge in [0.25, 0.3) is 0 Å². The van der Waals surface area contributed by atoms with Crippen LogP contribution in [-0.4, -0.2) is 59.7 Å². The van der Waals surface area contributed by atoms with Crippen molar-refractivity contribution < 1.29 is 9.53 Å². The first kappa shape index (κ1) is 15.2. The lowest BCUT2D eigenvalue weighted by atomic mass is 10.1. The number of piperazine rings is 1. The molecule has 2 N–H and O–H groups in total. The van der Waals surface area contributed by atoms with Crippen molar-refractivity contribution in [3.63, 3.8) is 0 Å². The molecule has 0 radical (unpaired) electrons. The summed E-state index contributed by atoms with van der Waals surface area (Å²) in [6.45, 7) is 7.54. The van der Waals surface area contributed by atoms with Crippen molar-refractivity contribution >= 4 is 23.3 Å². The van der Waals surface area contributed by atoms with E-state index in [2.05, 4.69) is 11.8 Å². The van der Waals surface area contributed by atoms with Crippen LogP contribution >= 0.6 is 12.2 Å². The Hall–Kier alpha value is -0.880. The summed E-state index contributed by atoms with van der Waals surface area (Å²) in [4.78, 5) is 16.2. The summed E-state index contributed by atoms with van der Waals surface area (Å²) in [6.07, 6.45) is 1.57. The fraction of sp³-hybridized carbons (Fsp3) is 0.833. The van der Waals surface area contributed by atoms with E-state index in [1.807, 2.05) is 6.92 Å². The van der Waals surface area contributed by atoms with Crippen LogP contribution in [0.3, 0.4) is 0 Å². The molecular weight excluding hydrogens is 250 g/mol. The number of ether oxygens (including phenoxy) is 1. The molecule has 0 saturated carbocycles. The molecule has 104 valence electrons. The quantitative estimate of drug-likeness (QED) is 0.763. The van der Waals surface area contributed by atoms with E-state index < -0.39 is 0 Å². The second-order valence-corrected chi connectivity index (χ2v) is 4.98. The first-order valence-electron chi connectivity index (χ1n) is 6.52. The van der Waals surface area contributed by atoms with E-state index in [4.69, 9.17) is 22.7 Å². The standard InChI is InChI=1S/C12H23N3O2S/c1-3-10(9-11(13)18)14-5-7-15(8-6-14)12(16)17-4-2/h10H,3-9H2,1-2H3,(H2,13,18). The van der Waals surface area contributed by atoms with Gasteiger partial charge in [0.1, 0.15) is 0 Å². The summed E-state index contributed by atoms with van der Waals surface area (Å²) >= 11 is 4.97. The molecule has 5 nitrogen and oxygen atoms in total. The van der Waals surface area contributed by atoms with Gasteiger partial charge in [-0.05, 0) is 13.3 Å². The predicted octanol–water partition coefficient (Wildman–Crippen LogP) is 1.22. The highest BCUT2D eigenvalue weighted by Gasteiger charge is 2.25. The first-order valence-corrected chi connectivity index (χ1v) is 6.93. The smallest absolute Gasteiger partial charge is 0.409 e. The molecule has 0 aromatic carbocycles. The molecular formula is C12H23N3O2S. The Morgan fingerprint density at radius 1 is 1.33 bits per heavy atom. The zero-order valence-electron chi connectivity index (χ0n) is 11.2. The first-order chi connectivity index (χ1) is 8.58.